The molecule has 0 saturated carbocycles. The normalized spacial score (nSPS) is 10.9. The molecule has 3 aromatic carbocycles. The minimum absolute atomic E-state index is 0.268. The van der Waals surface area contributed by atoms with Crippen molar-refractivity contribution in [2.45, 2.75) is 26.7 Å². The summed E-state index contributed by atoms with van der Waals surface area (Å²) in [5.74, 6) is 0.249. The van der Waals surface area contributed by atoms with Gasteiger partial charge in [0.05, 0.1) is 32.9 Å². The predicted molar refractivity (Wildman–Crippen MR) is 144 cm³/mol. The highest BCUT2D eigenvalue weighted by atomic mass is 35.5. The smallest absolute Gasteiger partial charge is 0.348 e. The summed E-state index contributed by atoms with van der Waals surface area (Å²) in [6, 6.07) is 15.3. The van der Waals surface area contributed by atoms with Crippen LogP contribution in [0.2, 0.25) is 15.1 Å². The van der Waals surface area contributed by atoms with Gasteiger partial charge in [0.1, 0.15) is 11.4 Å². The lowest BCUT2D eigenvalue weighted by atomic mass is 10.1. The topological polar surface area (TPSA) is 89.0 Å². The van der Waals surface area contributed by atoms with E-state index in [2.05, 4.69) is 15.4 Å². The molecular formula is C26H23Cl3N4O3. The standard InChI is InChI=1S/C26H23Cl3N4O3/c1-3-4-12-36-22-14-16(9-10-17(22)25(34)30-21-11-8-15(2)13-20(21)29)24-31-26(35)33(32-24)23-18(27)6-5-7-19(23)28/h5-11,13-14H,3-4,12H2,1-2H3,(H,30,34)(H,31,32,35). The van der Waals surface area contributed by atoms with Crippen molar-refractivity contribution in [1.29, 1.82) is 0 Å². The van der Waals surface area contributed by atoms with Crippen molar-refractivity contribution in [3.05, 3.63) is 91.3 Å². The highest BCUT2D eigenvalue weighted by molar-refractivity contribution is 6.37. The zero-order valence-electron chi connectivity index (χ0n) is 19.6. The van der Waals surface area contributed by atoms with Gasteiger partial charge in [0.2, 0.25) is 0 Å². The number of nitrogens with zero attached hydrogens (tertiary/aromatic N) is 2. The number of aromatic amines is 1. The molecule has 1 amide bonds. The summed E-state index contributed by atoms with van der Waals surface area (Å²) < 4.78 is 7.05. The second-order valence-electron chi connectivity index (χ2n) is 8.11. The van der Waals surface area contributed by atoms with Gasteiger partial charge in [-0.15, -0.1) is 5.10 Å². The van der Waals surface area contributed by atoms with Crippen molar-refractivity contribution in [1.82, 2.24) is 14.8 Å². The number of hydrogen-bond donors (Lipinski definition) is 2. The number of hydrogen-bond acceptors (Lipinski definition) is 4. The first-order valence-corrected chi connectivity index (χ1v) is 12.4. The molecule has 10 heteroatoms. The molecule has 2 N–H and O–H groups in total. The van der Waals surface area contributed by atoms with E-state index in [0.29, 0.717) is 34.2 Å². The van der Waals surface area contributed by atoms with Crippen molar-refractivity contribution >= 4 is 46.4 Å². The van der Waals surface area contributed by atoms with Gasteiger partial charge >= 0.3 is 5.69 Å². The third kappa shape index (κ3) is 5.59. The summed E-state index contributed by atoms with van der Waals surface area (Å²) in [7, 11) is 0. The van der Waals surface area contributed by atoms with E-state index in [1.54, 1.807) is 48.5 Å². The average molecular weight is 546 g/mol. The Kier molecular flexibility index (Phi) is 8.04. The van der Waals surface area contributed by atoms with Gasteiger partial charge in [-0.25, -0.2) is 4.79 Å². The summed E-state index contributed by atoms with van der Waals surface area (Å²) in [5, 5.41) is 8.22. The lowest BCUT2D eigenvalue weighted by molar-refractivity contribution is 0.102. The lowest BCUT2D eigenvalue weighted by Crippen LogP contribution is -2.16. The summed E-state index contributed by atoms with van der Waals surface area (Å²) in [6.07, 6.45) is 1.74. The van der Waals surface area contributed by atoms with Crippen LogP contribution in [-0.2, 0) is 0 Å². The molecule has 4 rings (SSSR count). The van der Waals surface area contributed by atoms with E-state index >= 15 is 0 Å². The molecular weight excluding hydrogens is 523 g/mol. The van der Waals surface area contributed by atoms with Crippen molar-refractivity contribution in [3.63, 3.8) is 0 Å². The molecule has 0 fully saturated rings. The monoisotopic (exact) mass is 544 g/mol. The first-order valence-electron chi connectivity index (χ1n) is 11.3. The molecule has 7 nitrogen and oxygen atoms in total. The Bertz CT molecular complexity index is 1460. The van der Waals surface area contributed by atoms with Crippen molar-refractivity contribution in [3.8, 4) is 22.8 Å². The molecule has 0 saturated heterocycles. The predicted octanol–water partition coefficient (Wildman–Crippen LogP) is 6.93. The molecule has 0 atom stereocenters. The lowest BCUT2D eigenvalue weighted by Gasteiger charge is -2.14. The largest absolute Gasteiger partial charge is 0.493 e. The van der Waals surface area contributed by atoms with Gasteiger partial charge in [-0.2, -0.15) is 4.68 Å². The van der Waals surface area contributed by atoms with E-state index in [1.807, 2.05) is 19.9 Å². The molecule has 0 spiro atoms. The Labute approximate surface area is 223 Å². The van der Waals surface area contributed by atoms with Crippen LogP contribution in [0.5, 0.6) is 5.75 Å². The van der Waals surface area contributed by atoms with E-state index in [4.69, 9.17) is 39.5 Å². The highest BCUT2D eigenvalue weighted by Crippen LogP contribution is 2.30. The number of para-hydroxylation sites is 1. The minimum Gasteiger partial charge on any atom is -0.493 e. The van der Waals surface area contributed by atoms with Crippen LogP contribution in [-0.4, -0.2) is 27.3 Å². The third-order valence-electron chi connectivity index (χ3n) is 5.39. The van der Waals surface area contributed by atoms with E-state index in [1.165, 1.54) is 0 Å². The molecule has 1 aromatic heterocycles. The second-order valence-corrected chi connectivity index (χ2v) is 9.33. The molecule has 0 aliphatic rings. The maximum absolute atomic E-state index is 13.1. The number of ether oxygens (including phenoxy) is 1. The SMILES string of the molecule is CCCCOc1cc(-c2nn(-c3c(Cl)cccc3Cl)c(=O)[nH]2)ccc1C(=O)Nc1ccc(C)cc1Cl. The van der Waals surface area contributed by atoms with Crippen LogP contribution >= 0.6 is 34.8 Å². The number of aryl methyl sites for hydroxylation is 1. The van der Waals surface area contributed by atoms with Gasteiger partial charge in [-0.3, -0.25) is 9.78 Å². The number of unbranched alkanes of at least 4 members (excludes halogenated alkanes) is 1. The molecule has 4 aromatic rings. The molecule has 1 heterocycles. The fourth-order valence-electron chi connectivity index (χ4n) is 3.51. The zero-order chi connectivity index (χ0) is 25.8. The van der Waals surface area contributed by atoms with Crippen molar-refractivity contribution in [2.75, 3.05) is 11.9 Å². The van der Waals surface area contributed by atoms with Crippen LogP contribution in [0.1, 0.15) is 35.7 Å². The van der Waals surface area contributed by atoms with Crippen LogP contribution in [0, 0.1) is 6.92 Å². The van der Waals surface area contributed by atoms with Gasteiger partial charge in [0.15, 0.2) is 5.82 Å². The summed E-state index contributed by atoms with van der Waals surface area (Å²) in [6.45, 7) is 4.39. The Morgan fingerprint density at radius 3 is 2.50 bits per heavy atom. The van der Waals surface area contributed by atoms with E-state index in [-0.39, 0.29) is 27.5 Å². The first-order chi connectivity index (χ1) is 17.3. The van der Waals surface area contributed by atoms with Gasteiger partial charge in [-0.05, 0) is 55.3 Å². The molecule has 0 unspecified atom stereocenters. The Morgan fingerprint density at radius 1 is 1.06 bits per heavy atom. The Balaban J connectivity index is 1.70. The second kappa shape index (κ2) is 11.2. The van der Waals surface area contributed by atoms with Gasteiger partial charge in [-0.1, -0.05) is 66.3 Å². The summed E-state index contributed by atoms with van der Waals surface area (Å²) >= 11 is 18.8. The number of benzene rings is 3. The summed E-state index contributed by atoms with van der Waals surface area (Å²) in [4.78, 5) is 28.5. The maximum atomic E-state index is 13.1. The molecule has 0 aliphatic heterocycles. The van der Waals surface area contributed by atoms with Crippen LogP contribution in [0.4, 0.5) is 5.69 Å². The van der Waals surface area contributed by atoms with Gasteiger partial charge < -0.3 is 10.1 Å². The van der Waals surface area contributed by atoms with Crippen LogP contribution in [0.15, 0.2) is 59.4 Å². The van der Waals surface area contributed by atoms with E-state index < -0.39 is 5.69 Å². The molecule has 0 radical (unpaired) electrons. The average Bonchev–Trinajstić information content (AvgIpc) is 3.22. The molecule has 36 heavy (non-hydrogen) atoms. The number of anilines is 1. The fourth-order valence-corrected chi connectivity index (χ4v) is 4.35. The number of rotatable bonds is 8. The van der Waals surface area contributed by atoms with Crippen molar-refractivity contribution in [2.24, 2.45) is 0 Å². The highest BCUT2D eigenvalue weighted by Gasteiger charge is 2.19. The Hall–Kier alpha value is -3.26. The molecule has 186 valence electrons. The van der Waals surface area contributed by atoms with Crippen LogP contribution < -0.4 is 15.7 Å². The number of carbonyl (C=O) groups excluding carboxylic acids is 1. The number of amides is 1. The minimum atomic E-state index is -0.510. The number of carbonyl (C=O) groups is 1. The van der Waals surface area contributed by atoms with Crippen LogP contribution in [0.25, 0.3) is 17.1 Å². The summed E-state index contributed by atoms with van der Waals surface area (Å²) in [5.41, 5.74) is 2.11. The fraction of sp³-hybridized carbons (Fsp3) is 0.192. The third-order valence-corrected chi connectivity index (χ3v) is 6.32. The van der Waals surface area contributed by atoms with Crippen LogP contribution in [0.3, 0.4) is 0 Å². The van der Waals surface area contributed by atoms with Crippen molar-refractivity contribution < 1.29 is 9.53 Å². The quantitative estimate of drug-likeness (QED) is 0.235. The maximum Gasteiger partial charge on any atom is 0.348 e. The number of nitrogens with one attached hydrogen (secondary N) is 2. The number of aromatic nitrogens is 3. The number of H-pyrrole nitrogens is 1. The van der Waals surface area contributed by atoms with E-state index in [0.717, 1.165) is 23.1 Å². The first kappa shape index (κ1) is 25.8. The van der Waals surface area contributed by atoms with Gasteiger partial charge in [0, 0.05) is 5.56 Å². The number of halogens is 3. The zero-order valence-corrected chi connectivity index (χ0v) is 21.8. The van der Waals surface area contributed by atoms with Gasteiger partial charge in [0.25, 0.3) is 5.91 Å². The van der Waals surface area contributed by atoms with E-state index in [9.17, 15) is 9.59 Å². The molecule has 0 aliphatic carbocycles. The Morgan fingerprint density at radius 2 is 1.81 bits per heavy atom. The molecule has 0 bridgehead atoms.